The second-order valence-corrected chi connectivity index (χ2v) is 6.28. The first-order valence-corrected chi connectivity index (χ1v) is 7.25. The van der Waals surface area contributed by atoms with E-state index in [1.807, 2.05) is 0 Å². The Kier molecular flexibility index (Phi) is 2.88. The average Bonchev–Trinajstić information content (AvgIpc) is 2.72. The number of aryl methyl sites for hydroxylation is 1. The number of hydrogen-bond donors (Lipinski definition) is 0. The van der Waals surface area contributed by atoms with Crippen LogP contribution in [0, 0.1) is 10.5 Å². The molecule has 0 atom stereocenters. The van der Waals surface area contributed by atoms with Gasteiger partial charge in [-0.1, -0.05) is 18.2 Å². The third-order valence-electron chi connectivity index (χ3n) is 2.62. The van der Waals surface area contributed by atoms with E-state index in [1.54, 1.807) is 11.3 Å². The Bertz CT molecular complexity index is 688. The van der Waals surface area contributed by atoms with E-state index in [4.69, 9.17) is 0 Å². The number of hydrogen-bond acceptors (Lipinski definition) is 2. The van der Waals surface area contributed by atoms with Gasteiger partial charge in [0.05, 0.1) is 10.2 Å². The van der Waals surface area contributed by atoms with Gasteiger partial charge in [-0.05, 0) is 59.3 Å². The number of thiazole rings is 1. The van der Waals surface area contributed by atoms with Gasteiger partial charge < -0.3 is 0 Å². The van der Waals surface area contributed by atoms with E-state index in [0.717, 1.165) is 10.5 Å². The number of fused-ring (bicyclic) bond motifs is 1. The first-order valence-electron chi connectivity index (χ1n) is 5.35. The molecule has 0 saturated carbocycles. The molecule has 0 aliphatic rings. The lowest BCUT2D eigenvalue weighted by Crippen LogP contribution is -1.77. The molecule has 0 N–H and O–H groups in total. The molecule has 0 spiro atoms. The second kappa shape index (κ2) is 4.38. The lowest BCUT2D eigenvalue weighted by Gasteiger charge is -1.95. The van der Waals surface area contributed by atoms with Gasteiger partial charge in [0, 0.05) is 9.13 Å². The molecule has 0 amide bonds. The van der Waals surface area contributed by atoms with Crippen molar-refractivity contribution >= 4 is 44.1 Å². The fourth-order valence-electron chi connectivity index (χ4n) is 1.78. The Labute approximate surface area is 118 Å². The molecule has 0 bridgehead atoms. The monoisotopic (exact) mass is 351 g/mol. The fourth-order valence-corrected chi connectivity index (χ4v) is 3.38. The van der Waals surface area contributed by atoms with Crippen molar-refractivity contribution in [3.05, 3.63) is 51.6 Å². The molecule has 1 aromatic heterocycles. The van der Waals surface area contributed by atoms with Gasteiger partial charge in [-0.3, -0.25) is 0 Å². The highest BCUT2D eigenvalue weighted by Gasteiger charge is 2.06. The van der Waals surface area contributed by atoms with Crippen LogP contribution in [0.1, 0.15) is 5.56 Å². The molecule has 1 heterocycles. The summed E-state index contributed by atoms with van der Waals surface area (Å²) in [6, 6.07) is 14.9. The van der Waals surface area contributed by atoms with E-state index in [-0.39, 0.29) is 0 Å². The Morgan fingerprint density at radius 1 is 1.12 bits per heavy atom. The van der Waals surface area contributed by atoms with Crippen molar-refractivity contribution in [3.8, 4) is 10.6 Å². The van der Waals surface area contributed by atoms with E-state index < -0.39 is 0 Å². The fraction of sp³-hybridized carbons (Fsp3) is 0.0714. The van der Waals surface area contributed by atoms with E-state index in [0.29, 0.717) is 0 Å². The molecule has 3 aromatic rings. The number of rotatable bonds is 1. The summed E-state index contributed by atoms with van der Waals surface area (Å²) in [5, 5.41) is 1.10. The zero-order valence-electron chi connectivity index (χ0n) is 9.27. The third kappa shape index (κ3) is 2.21. The summed E-state index contributed by atoms with van der Waals surface area (Å²) < 4.78 is 2.51. The Balaban J connectivity index is 2.18. The molecule has 2 aromatic carbocycles. The van der Waals surface area contributed by atoms with Gasteiger partial charge in [-0.15, -0.1) is 11.3 Å². The standard InChI is InChI=1S/C14H10INS/c1-9-5-6-12-13(7-9)17-14(16-12)10-3-2-4-11(15)8-10/h2-8H,1H3. The largest absolute Gasteiger partial charge is 0.236 e. The van der Waals surface area contributed by atoms with Crippen LogP contribution in [0.25, 0.3) is 20.8 Å². The van der Waals surface area contributed by atoms with Gasteiger partial charge in [-0.25, -0.2) is 4.98 Å². The van der Waals surface area contributed by atoms with Crippen molar-refractivity contribution in [1.82, 2.24) is 4.98 Å². The van der Waals surface area contributed by atoms with Crippen molar-refractivity contribution in [2.24, 2.45) is 0 Å². The van der Waals surface area contributed by atoms with Crippen LogP contribution in [-0.4, -0.2) is 4.98 Å². The van der Waals surface area contributed by atoms with Crippen molar-refractivity contribution in [2.75, 3.05) is 0 Å². The highest BCUT2D eigenvalue weighted by molar-refractivity contribution is 14.1. The summed E-state index contributed by atoms with van der Waals surface area (Å²) in [4.78, 5) is 4.68. The lowest BCUT2D eigenvalue weighted by atomic mass is 10.2. The predicted molar refractivity (Wildman–Crippen MR) is 82.5 cm³/mol. The van der Waals surface area contributed by atoms with Gasteiger partial charge in [0.1, 0.15) is 5.01 Å². The molecule has 0 radical (unpaired) electrons. The molecule has 0 saturated heterocycles. The van der Waals surface area contributed by atoms with Crippen LogP contribution in [0.5, 0.6) is 0 Å². The summed E-state index contributed by atoms with van der Waals surface area (Å²) in [7, 11) is 0. The van der Waals surface area contributed by atoms with E-state index in [1.165, 1.54) is 19.4 Å². The molecule has 0 aliphatic heterocycles. The van der Waals surface area contributed by atoms with Crippen LogP contribution in [0.2, 0.25) is 0 Å². The number of nitrogens with zero attached hydrogens (tertiary/aromatic N) is 1. The Hall–Kier alpha value is -0.940. The molecular weight excluding hydrogens is 341 g/mol. The molecular formula is C14H10INS. The summed E-state index contributed by atoms with van der Waals surface area (Å²) in [5.41, 5.74) is 3.58. The van der Waals surface area contributed by atoms with Gasteiger partial charge in [0.2, 0.25) is 0 Å². The van der Waals surface area contributed by atoms with Crippen molar-refractivity contribution in [2.45, 2.75) is 6.92 Å². The average molecular weight is 351 g/mol. The quantitative estimate of drug-likeness (QED) is 0.570. The summed E-state index contributed by atoms with van der Waals surface area (Å²) in [5.74, 6) is 0. The molecule has 3 rings (SSSR count). The number of aromatic nitrogens is 1. The minimum absolute atomic E-state index is 1.09. The lowest BCUT2D eigenvalue weighted by molar-refractivity contribution is 1.45. The second-order valence-electron chi connectivity index (χ2n) is 4.00. The van der Waals surface area contributed by atoms with Crippen molar-refractivity contribution in [1.29, 1.82) is 0 Å². The predicted octanol–water partition coefficient (Wildman–Crippen LogP) is 4.88. The topological polar surface area (TPSA) is 12.9 Å². The molecule has 17 heavy (non-hydrogen) atoms. The summed E-state index contributed by atoms with van der Waals surface area (Å²) in [6.45, 7) is 2.12. The van der Waals surface area contributed by atoms with E-state index in [9.17, 15) is 0 Å². The molecule has 0 aliphatic carbocycles. The molecule has 0 fully saturated rings. The maximum atomic E-state index is 4.68. The minimum Gasteiger partial charge on any atom is -0.236 e. The number of benzene rings is 2. The first kappa shape index (κ1) is 11.2. The van der Waals surface area contributed by atoms with Gasteiger partial charge in [0.15, 0.2) is 0 Å². The first-order chi connectivity index (χ1) is 8.22. The van der Waals surface area contributed by atoms with Crippen LogP contribution >= 0.6 is 33.9 Å². The van der Waals surface area contributed by atoms with Gasteiger partial charge >= 0.3 is 0 Å². The normalized spacial score (nSPS) is 10.9. The van der Waals surface area contributed by atoms with Crippen LogP contribution in [-0.2, 0) is 0 Å². The van der Waals surface area contributed by atoms with Crippen molar-refractivity contribution < 1.29 is 0 Å². The van der Waals surface area contributed by atoms with E-state index >= 15 is 0 Å². The van der Waals surface area contributed by atoms with Crippen LogP contribution in [0.4, 0.5) is 0 Å². The zero-order valence-corrected chi connectivity index (χ0v) is 12.2. The van der Waals surface area contributed by atoms with Crippen molar-refractivity contribution in [3.63, 3.8) is 0 Å². The minimum atomic E-state index is 1.09. The SMILES string of the molecule is Cc1ccc2nc(-c3cccc(I)c3)sc2c1. The molecule has 84 valence electrons. The molecule has 0 unspecified atom stereocenters. The van der Waals surface area contributed by atoms with Crippen LogP contribution < -0.4 is 0 Å². The maximum Gasteiger partial charge on any atom is 0.124 e. The Morgan fingerprint density at radius 3 is 2.82 bits per heavy atom. The van der Waals surface area contributed by atoms with Crippen LogP contribution in [0.3, 0.4) is 0 Å². The molecule has 3 heteroatoms. The summed E-state index contributed by atoms with van der Waals surface area (Å²) >= 11 is 4.09. The Morgan fingerprint density at radius 2 is 2.00 bits per heavy atom. The zero-order chi connectivity index (χ0) is 11.8. The third-order valence-corrected chi connectivity index (χ3v) is 4.35. The van der Waals surface area contributed by atoms with E-state index in [2.05, 4.69) is 77.0 Å². The maximum absolute atomic E-state index is 4.68. The van der Waals surface area contributed by atoms with Gasteiger partial charge in [0.25, 0.3) is 0 Å². The smallest absolute Gasteiger partial charge is 0.124 e. The highest BCUT2D eigenvalue weighted by Crippen LogP contribution is 2.31. The summed E-state index contributed by atoms with van der Waals surface area (Å²) in [6.07, 6.45) is 0. The van der Waals surface area contributed by atoms with Crippen LogP contribution in [0.15, 0.2) is 42.5 Å². The highest BCUT2D eigenvalue weighted by atomic mass is 127. The molecule has 1 nitrogen and oxygen atoms in total. The number of halogens is 1. The van der Waals surface area contributed by atoms with Gasteiger partial charge in [-0.2, -0.15) is 0 Å².